The highest BCUT2D eigenvalue weighted by atomic mass is 16.2. The van der Waals surface area contributed by atoms with Gasteiger partial charge in [0.2, 0.25) is 5.91 Å². The zero-order valence-corrected chi connectivity index (χ0v) is 13.0. The van der Waals surface area contributed by atoms with Crippen LogP contribution in [0.15, 0.2) is 0 Å². The third kappa shape index (κ3) is 3.15. The highest BCUT2D eigenvalue weighted by Gasteiger charge is 2.46. The molecule has 1 unspecified atom stereocenters. The first-order valence-electron chi connectivity index (χ1n) is 8.62. The van der Waals surface area contributed by atoms with Gasteiger partial charge in [0, 0.05) is 31.8 Å². The normalized spacial score (nSPS) is 29.5. The van der Waals surface area contributed by atoms with Crippen molar-refractivity contribution in [1.82, 2.24) is 4.90 Å². The van der Waals surface area contributed by atoms with E-state index in [-0.39, 0.29) is 11.3 Å². The van der Waals surface area contributed by atoms with Crippen LogP contribution in [0.4, 0.5) is 0 Å². The average Bonchev–Trinajstić information content (AvgIpc) is 2.47. The number of rotatable bonds is 3. The van der Waals surface area contributed by atoms with Crippen LogP contribution in [0.1, 0.15) is 57.8 Å². The Hall–Kier alpha value is -0.900. The maximum Gasteiger partial charge on any atom is 0.225 e. The Bertz CT molecular complexity index is 401. The topological polar surface area (TPSA) is 63.4 Å². The predicted molar refractivity (Wildman–Crippen MR) is 81.6 cm³/mol. The zero-order valence-electron chi connectivity index (χ0n) is 13.0. The first-order chi connectivity index (χ1) is 10.1. The van der Waals surface area contributed by atoms with Gasteiger partial charge in [-0.3, -0.25) is 9.59 Å². The fourth-order valence-electron chi connectivity index (χ4n) is 4.61. The highest BCUT2D eigenvalue weighted by molar-refractivity contribution is 5.86. The van der Waals surface area contributed by atoms with E-state index in [1.807, 2.05) is 0 Å². The molecule has 3 fully saturated rings. The van der Waals surface area contributed by atoms with Gasteiger partial charge in [0.25, 0.3) is 0 Å². The monoisotopic (exact) mass is 292 g/mol. The van der Waals surface area contributed by atoms with Gasteiger partial charge in [0.15, 0.2) is 0 Å². The molecule has 0 aromatic rings. The minimum atomic E-state index is 0.211. The number of hydrogen-bond acceptors (Lipinski definition) is 3. The summed E-state index contributed by atoms with van der Waals surface area (Å²) < 4.78 is 0. The second-order valence-corrected chi connectivity index (χ2v) is 7.54. The van der Waals surface area contributed by atoms with E-state index in [2.05, 4.69) is 4.90 Å². The van der Waals surface area contributed by atoms with Crippen molar-refractivity contribution >= 4 is 11.7 Å². The molecule has 2 saturated carbocycles. The predicted octanol–water partition coefficient (Wildman–Crippen LogP) is 2.11. The first kappa shape index (κ1) is 15.0. The summed E-state index contributed by atoms with van der Waals surface area (Å²) in [6, 6.07) is 0. The summed E-state index contributed by atoms with van der Waals surface area (Å²) in [6.07, 6.45) is 9.07. The van der Waals surface area contributed by atoms with Gasteiger partial charge in [-0.2, -0.15) is 0 Å². The number of piperidine rings is 1. The molecule has 0 aromatic carbocycles. The Labute approximate surface area is 127 Å². The third-order valence-electron chi connectivity index (χ3n) is 5.95. The zero-order chi connectivity index (χ0) is 14.9. The van der Waals surface area contributed by atoms with Crippen LogP contribution in [0.3, 0.4) is 0 Å². The molecule has 2 aliphatic carbocycles. The van der Waals surface area contributed by atoms with Crippen LogP contribution in [0.2, 0.25) is 0 Å². The first-order valence-corrected chi connectivity index (χ1v) is 8.62. The van der Waals surface area contributed by atoms with Crippen LogP contribution in [0.25, 0.3) is 0 Å². The number of likely N-dealkylation sites (tertiary alicyclic amines) is 1. The van der Waals surface area contributed by atoms with Gasteiger partial charge in [-0.25, -0.2) is 0 Å². The smallest absolute Gasteiger partial charge is 0.225 e. The minimum absolute atomic E-state index is 0.211. The Morgan fingerprint density at radius 2 is 1.95 bits per heavy atom. The van der Waals surface area contributed by atoms with Crippen molar-refractivity contribution in [2.75, 3.05) is 19.6 Å². The van der Waals surface area contributed by atoms with Gasteiger partial charge in [0.05, 0.1) is 0 Å². The molecule has 4 nitrogen and oxygen atoms in total. The number of ketones is 1. The van der Waals surface area contributed by atoms with E-state index in [1.165, 1.54) is 6.42 Å². The molecule has 0 aromatic heterocycles. The maximum absolute atomic E-state index is 12.7. The number of nitrogens with zero attached hydrogens (tertiary/aromatic N) is 1. The number of hydrogen-bond donors (Lipinski definition) is 1. The summed E-state index contributed by atoms with van der Waals surface area (Å²) in [5, 5.41) is 0. The van der Waals surface area contributed by atoms with E-state index in [9.17, 15) is 9.59 Å². The number of Topliss-reactive ketones (excluding diaryl/α,β-unsaturated/α-hetero) is 1. The number of carbonyl (C=O) groups excluding carboxylic acids is 2. The van der Waals surface area contributed by atoms with Crippen molar-refractivity contribution in [1.29, 1.82) is 0 Å². The molecule has 1 atom stereocenters. The summed E-state index contributed by atoms with van der Waals surface area (Å²) in [4.78, 5) is 26.1. The van der Waals surface area contributed by atoms with E-state index < -0.39 is 0 Å². The van der Waals surface area contributed by atoms with Crippen molar-refractivity contribution in [2.24, 2.45) is 23.0 Å². The third-order valence-corrected chi connectivity index (χ3v) is 5.95. The molecule has 4 heteroatoms. The lowest BCUT2D eigenvalue weighted by atomic mass is 9.58. The van der Waals surface area contributed by atoms with Crippen molar-refractivity contribution in [3.63, 3.8) is 0 Å². The van der Waals surface area contributed by atoms with Crippen LogP contribution < -0.4 is 5.73 Å². The van der Waals surface area contributed by atoms with Crippen molar-refractivity contribution in [2.45, 2.75) is 57.8 Å². The fraction of sp³-hybridized carbons (Fsp3) is 0.882. The summed E-state index contributed by atoms with van der Waals surface area (Å²) >= 11 is 0. The molecule has 3 rings (SSSR count). The van der Waals surface area contributed by atoms with E-state index in [1.54, 1.807) is 0 Å². The van der Waals surface area contributed by atoms with Crippen molar-refractivity contribution < 1.29 is 9.59 Å². The van der Waals surface area contributed by atoms with Crippen molar-refractivity contribution in [3.8, 4) is 0 Å². The van der Waals surface area contributed by atoms with Crippen LogP contribution in [-0.4, -0.2) is 36.2 Å². The van der Waals surface area contributed by atoms with Crippen molar-refractivity contribution in [3.05, 3.63) is 0 Å². The fourth-order valence-corrected chi connectivity index (χ4v) is 4.61. The molecule has 1 heterocycles. The summed E-state index contributed by atoms with van der Waals surface area (Å²) in [5.74, 6) is 1.60. The van der Waals surface area contributed by atoms with E-state index in [0.29, 0.717) is 17.6 Å². The summed E-state index contributed by atoms with van der Waals surface area (Å²) in [6.45, 7) is 2.57. The SMILES string of the molecule is NCCC1CCCN(C(=O)C2CCC3(CC2)CC(=O)C3)C1. The second kappa shape index (κ2) is 6.07. The standard InChI is InChI=1S/C17H28N2O2/c18-8-5-13-2-1-9-19(12-13)16(21)14-3-6-17(7-4-14)10-15(20)11-17/h13-14H,1-12,18H2. The molecule has 21 heavy (non-hydrogen) atoms. The lowest BCUT2D eigenvalue weighted by Crippen LogP contribution is -2.47. The Morgan fingerprint density at radius 3 is 2.57 bits per heavy atom. The van der Waals surface area contributed by atoms with E-state index in [4.69, 9.17) is 5.73 Å². The largest absolute Gasteiger partial charge is 0.342 e. The molecule has 3 aliphatic rings. The molecule has 1 spiro atoms. The van der Waals surface area contributed by atoms with Crippen LogP contribution in [0.5, 0.6) is 0 Å². The molecular weight excluding hydrogens is 264 g/mol. The van der Waals surface area contributed by atoms with Gasteiger partial charge in [0.1, 0.15) is 5.78 Å². The molecule has 0 bridgehead atoms. The highest BCUT2D eigenvalue weighted by Crippen LogP contribution is 2.51. The summed E-state index contributed by atoms with van der Waals surface area (Å²) in [5.41, 5.74) is 5.95. The summed E-state index contributed by atoms with van der Waals surface area (Å²) in [7, 11) is 0. The molecule has 0 radical (unpaired) electrons. The maximum atomic E-state index is 12.7. The number of carbonyl (C=O) groups is 2. The Morgan fingerprint density at radius 1 is 1.24 bits per heavy atom. The quantitative estimate of drug-likeness (QED) is 0.866. The van der Waals surface area contributed by atoms with Gasteiger partial charge >= 0.3 is 0 Å². The molecule has 1 aliphatic heterocycles. The van der Waals surface area contributed by atoms with Gasteiger partial charge < -0.3 is 10.6 Å². The average molecular weight is 292 g/mol. The van der Waals surface area contributed by atoms with Crippen LogP contribution in [-0.2, 0) is 9.59 Å². The van der Waals surface area contributed by atoms with Gasteiger partial charge in [-0.15, -0.1) is 0 Å². The van der Waals surface area contributed by atoms with Gasteiger partial charge in [-0.1, -0.05) is 0 Å². The Kier molecular flexibility index (Phi) is 4.34. The van der Waals surface area contributed by atoms with Crippen LogP contribution >= 0.6 is 0 Å². The molecular formula is C17H28N2O2. The Balaban J connectivity index is 1.50. The van der Waals surface area contributed by atoms with E-state index >= 15 is 0 Å². The lowest BCUT2D eigenvalue weighted by Gasteiger charge is -2.46. The molecule has 1 amide bonds. The molecule has 1 saturated heterocycles. The molecule has 2 N–H and O–H groups in total. The second-order valence-electron chi connectivity index (χ2n) is 7.54. The molecule has 118 valence electrons. The van der Waals surface area contributed by atoms with Gasteiger partial charge in [-0.05, 0) is 62.8 Å². The lowest BCUT2D eigenvalue weighted by molar-refractivity contribution is -0.142. The minimum Gasteiger partial charge on any atom is -0.342 e. The number of amides is 1. The van der Waals surface area contributed by atoms with E-state index in [0.717, 1.165) is 71.0 Å². The number of nitrogens with two attached hydrogens (primary N) is 1. The van der Waals surface area contributed by atoms with Crippen LogP contribution in [0, 0.1) is 17.3 Å².